The molecule has 2 unspecified atom stereocenters. The van der Waals surface area contributed by atoms with Gasteiger partial charge in [0.15, 0.2) is 0 Å². The van der Waals surface area contributed by atoms with E-state index in [1.54, 1.807) is 12.0 Å². The minimum absolute atomic E-state index is 0.00903. The molecule has 2 aliphatic rings. The molecule has 0 aromatic heterocycles. The molecule has 19 heavy (non-hydrogen) atoms. The van der Waals surface area contributed by atoms with Crippen molar-refractivity contribution in [1.82, 2.24) is 10.2 Å². The Morgan fingerprint density at radius 1 is 1.42 bits per heavy atom. The molecule has 0 spiro atoms. The average Bonchev–Trinajstić information content (AvgIpc) is 3.15. The molecule has 0 aromatic rings. The second-order valence-corrected chi connectivity index (χ2v) is 6.19. The van der Waals surface area contributed by atoms with Crippen molar-refractivity contribution >= 4 is 11.8 Å². The van der Waals surface area contributed by atoms with Gasteiger partial charge in [-0.25, -0.2) is 0 Å². The van der Waals surface area contributed by atoms with Crippen LogP contribution in [0, 0.1) is 5.92 Å². The van der Waals surface area contributed by atoms with Crippen molar-refractivity contribution in [3.63, 3.8) is 0 Å². The third kappa shape index (κ3) is 2.61. The quantitative estimate of drug-likeness (QED) is 0.807. The van der Waals surface area contributed by atoms with Crippen LogP contribution in [0.4, 0.5) is 0 Å². The molecule has 0 aromatic carbocycles. The van der Waals surface area contributed by atoms with E-state index in [0.29, 0.717) is 12.5 Å². The number of carbonyl (C=O) groups is 2. The summed E-state index contributed by atoms with van der Waals surface area (Å²) in [5.41, 5.74) is -0.782. The zero-order valence-corrected chi connectivity index (χ0v) is 12.2. The highest BCUT2D eigenvalue weighted by Gasteiger charge is 2.51. The number of methoxy groups -OCH3 is 1. The molecule has 1 aliphatic carbocycles. The monoisotopic (exact) mass is 268 g/mol. The lowest BCUT2D eigenvalue weighted by atomic mass is 9.91. The number of nitrogens with one attached hydrogen (secondary N) is 1. The summed E-state index contributed by atoms with van der Waals surface area (Å²) in [6, 6.07) is -0.305. The van der Waals surface area contributed by atoms with Gasteiger partial charge in [0.2, 0.25) is 11.8 Å². The van der Waals surface area contributed by atoms with Crippen molar-refractivity contribution < 1.29 is 14.3 Å². The molecule has 0 bridgehead atoms. The fraction of sp³-hybridized carbons (Fsp3) is 0.857. The summed E-state index contributed by atoms with van der Waals surface area (Å²) in [4.78, 5) is 26.7. The van der Waals surface area contributed by atoms with Crippen LogP contribution in [0.15, 0.2) is 0 Å². The molecule has 2 amide bonds. The van der Waals surface area contributed by atoms with Crippen LogP contribution in [-0.2, 0) is 14.3 Å². The predicted octanol–water partition coefficient (Wildman–Crippen LogP) is 0.927. The predicted molar refractivity (Wildman–Crippen MR) is 71.5 cm³/mol. The normalized spacial score (nSPS) is 28.2. The number of ether oxygens (including phenoxy) is 1. The molecular weight excluding hydrogens is 244 g/mol. The summed E-state index contributed by atoms with van der Waals surface area (Å²) in [6.07, 6.45) is 2.82. The maximum absolute atomic E-state index is 12.6. The Balaban J connectivity index is 2.18. The molecule has 1 saturated carbocycles. The second kappa shape index (κ2) is 5.12. The van der Waals surface area contributed by atoms with Gasteiger partial charge < -0.3 is 15.0 Å². The van der Waals surface area contributed by atoms with Crippen molar-refractivity contribution in [2.45, 2.75) is 57.7 Å². The maximum atomic E-state index is 12.6. The highest BCUT2D eigenvalue weighted by atomic mass is 16.5. The van der Waals surface area contributed by atoms with Crippen molar-refractivity contribution in [1.29, 1.82) is 0 Å². The van der Waals surface area contributed by atoms with Gasteiger partial charge in [-0.05, 0) is 46.0 Å². The van der Waals surface area contributed by atoms with Crippen LogP contribution in [0.1, 0.15) is 40.0 Å². The lowest BCUT2D eigenvalue weighted by Gasteiger charge is -2.47. The van der Waals surface area contributed by atoms with Crippen LogP contribution >= 0.6 is 0 Å². The molecule has 1 saturated heterocycles. The molecule has 0 radical (unpaired) electrons. The molecular formula is C14H24N2O3. The van der Waals surface area contributed by atoms with E-state index in [4.69, 9.17) is 4.74 Å². The molecule has 2 rings (SSSR count). The molecule has 1 aliphatic heterocycles. The first kappa shape index (κ1) is 14.3. The minimum Gasteiger partial charge on any atom is -0.385 e. The smallest absolute Gasteiger partial charge is 0.246 e. The largest absolute Gasteiger partial charge is 0.385 e. The highest BCUT2D eigenvalue weighted by Crippen LogP contribution is 2.37. The van der Waals surface area contributed by atoms with E-state index in [9.17, 15) is 9.59 Å². The lowest BCUT2D eigenvalue weighted by Crippen LogP contribution is -2.70. The number of amides is 2. The van der Waals surface area contributed by atoms with Gasteiger partial charge in [-0.3, -0.25) is 9.59 Å². The molecule has 2 atom stereocenters. The van der Waals surface area contributed by atoms with Gasteiger partial charge in [0.25, 0.3) is 0 Å². The van der Waals surface area contributed by atoms with Gasteiger partial charge in [0.05, 0.1) is 0 Å². The third-order valence-corrected chi connectivity index (χ3v) is 4.22. The van der Waals surface area contributed by atoms with E-state index in [1.807, 2.05) is 20.8 Å². The summed E-state index contributed by atoms with van der Waals surface area (Å²) in [5, 5.41) is 2.90. The number of hydrogen-bond donors (Lipinski definition) is 1. The van der Waals surface area contributed by atoms with E-state index in [2.05, 4.69) is 5.32 Å². The van der Waals surface area contributed by atoms with E-state index in [1.165, 1.54) is 0 Å². The Morgan fingerprint density at radius 3 is 2.58 bits per heavy atom. The number of rotatable bonds is 5. The summed E-state index contributed by atoms with van der Waals surface area (Å²) in [7, 11) is 1.65. The van der Waals surface area contributed by atoms with Crippen LogP contribution in [0.25, 0.3) is 0 Å². The standard InChI is InChI=1S/C14H24N2O3/c1-9(7-8-19-4)16-12(17)11(10-5-6-10)15-13(18)14(16,2)3/h9-11H,5-8H2,1-4H3,(H,15,18). The van der Waals surface area contributed by atoms with Gasteiger partial charge >= 0.3 is 0 Å². The van der Waals surface area contributed by atoms with Crippen LogP contribution < -0.4 is 5.32 Å². The first-order chi connectivity index (χ1) is 8.89. The second-order valence-electron chi connectivity index (χ2n) is 6.19. The lowest BCUT2D eigenvalue weighted by molar-refractivity contribution is -0.159. The van der Waals surface area contributed by atoms with E-state index < -0.39 is 5.54 Å². The molecule has 108 valence electrons. The molecule has 1 N–H and O–H groups in total. The highest BCUT2D eigenvalue weighted by molar-refractivity contribution is 5.99. The van der Waals surface area contributed by atoms with Crippen LogP contribution in [-0.4, -0.2) is 48.1 Å². The molecule has 5 heteroatoms. The zero-order chi connectivity index (χ0) is 14.2. The van der Waals surface area contributed by atoms with Crippen LogP contribution in [0.3, 0.4) is 0 Å². The van der Waals surface area contributed by atoms with Crippen molar-refractivity contribution in [3.05, 3.63) is 0 Å². The first-order valence-electron chi connectivity index (χ1n) is 7.02. The van der Waals surface area contributed by atoms with Crippen LogP contribution in [0.5, 0.6) is 0 Å². The van der Waals surface area contributed by atoms with Crippen molar-refractivity contribution in [2.24, 2.45) is 5.92 Å². The minimum atomic E-state index is -0.782. The number of carbonyl (C=O) groups excluding carboxylic acids is 2. The SMILES string of the molecule is COCCC(C)N1C(=O)C(C2CC2)NC(=O)C1(C)C. The fourth-order valence-electron chi connectivity index (χ4n) is 2.85. The Morgan fingerprint density at radius 2 is 2.05 bits per heavy atom. The summed E-state index contributed by atoms with van der Waals surface area (Å²) in [5.74, 6) is 0.355. The van der Waals surface area contributed by atoms with Gasteiger partial charge in [0.1, 0.15) is 11.6 Å². The average molecular weight is 268 g/mol. The van der Waals surface area contributed by atoms with E-state index in [0.717, 1.165) is 19.3 Å². The summed E-state index contributed by atoms with van der Waals surface area (Å²) >= 11 is 0. The summed E-state index contributed by atoms with van der Waals surface area (Å²) in [6.45, 7) is 6.21. The topological polar surface area (TPSA) is 58.6 Å². The third-order valence-electron chi connectivity index (χ3n) is 4.22. The Labute approximate surface area is 114 Å². The van der Waals surface area contributed by atoms with Crippen molar-refractivity contribution in [3.8, 4) is 0 Å². The molecule has 5 nitrogen and oxygen atoms in total. The number of piperazine rings is 1. The zero-order valence-electron chi connectivity index (χ0n) is 12.2. The molecule has 2 fully saturated rings. The molecule has 1 heterocycles. The van der Waals surface area contributed by atoms with Gasteiger partial charge in [0, 0.05) is 19.8 Å². The van der Waals surface area contributed by atoms with Gasteiger partial charge in [-0.2, -0.15) is 0 Å². The summed E-state index contributed by atoms with van der Waals surface area (Å²) < 4.78 is 5.08. The first-order valence-corrected chi connectivity index (χ1v) is 7.02. The Hall–Kier alpha value is -1.10. The van der Waals surface area contributed by atoms with E-state index in [-0.39, 0.29) is 23.9 Å². The fourth-order valence-corrected chi connectivity index (χ4v) is 2.85. The van der Waals surface area contributed by atoms with Crippen LogP contribution in [0.2, 0.25) is 0 Å². The number of nitrogens with zero attached hydrogens (tertiary/aromatic N) is 1. The van der Waals surface area contributed by atoms with Gasteiger partial charge in [-0.1, -0.05) is 0 Å². The Bertz CT molecular complexity index is 377. The maximum Gasteiger partial charge on any atom is 0.246 e. The van der Waals surface area contributed by atoms with Gasteiger partial charge in [-0.15, -0.1) is 0 Å². The van der Waals surface area contributed by atoms with E-state index >= 15 is 0 Å². The number of hydrogen-bond acceptors (Lipinski definition) is 3. The van der Waals surface area contributed by atoms with Crippen molar-refractivity contribution in [2.75, 3.05) is 13.7 Å². The Kier molecular flexibility index (Phi) is 3.85.